The van der Waals surface area contributed by atoms with E-state index in [1.165, 1.54) is 25.1 Å². The minimum atomic E-state index is -1.38. The summed E-state index contributed by atoms with van der Waals surface area (Å²) in [5.41, 5.74) is 0.0208. The molecule has 1 aromatic rings. The number of carbonyl (C=O) groups is 1. The molecule has 0 aromatic heterocycles. The van der Waals surface area contributed by atoms with Crippen molar-refractivity contribution in [3.05, 3.63) is 23.8 Å². The highest BCUT2D eigenvalue weighted by Crippen LogP contribution is 2.32. The van der Waals surface area contributed by atoms with Gasteiger partial charge in [0.05, 0.1) is 0 Å². The van der Waals surface area contributed by atoms with Crippen LogP contribution in [0.1, 0.15) is 18.6 Å². The van der Waals surface area contributed by atoms with Gasteiger partial charge in [-0.1, -0.05) is 12.1 Å². The zero-order valence-electron chi connectivity index (χ0n) is 7.06. The fourth-order valence-electron chi connectivity index (χ4n) is 0.988. The lowest BCUT2D eigenvalue weighted by Gasteiger charge is -2.09. The first kappa shape index (κ1) is 9.54. The monoisotopic (exact) mass is 182 g/mol. The molecule has 0 fully saturated rings. The average molecular weight is 182 g/mol. The summed E-state index contributed by atoms with van der Waals surface area (Å²) in [4.78, 5) is 10.8. The van der Waals surface area contributed by atoms with Crippen molar-refractivity contribution in [2.75, 3.05) is 0 Å². The molecular weight excluding hydrogens is 172 g/mol. The molecule has 0 saturated heterocycles. The topological polar surface area (TPSA) is 77.8 Å². The molecular formula is C9H10O4. The molecule has 0 spiro atoms. The van der Waals surface area contributed by atoms with E-state index in [4.69, 9.17) is 5.11 Å². The Morgan fingerprint density at radius 1 is 1.38 bits per heavy atom. The van der Waals surface area contributed by atoms with Gasteiger partial charge in [0.1, 0.15) is 6.10 Å². The van der Waals surface area contributed by atoms with Crippen molar-refractivity contribution in [1.82, 2.24) is 0 Å². The molecule has 3 N–H and O–H groups in total. The van der Waals surface area contributed by atoms with Crippen molar-refractivity contribution in [2.45, 2.75) is 13.0 Å². The zero-order valence-corrected chi connectivity index (χ0v) is 7.06. The largest absolute Gasteiger partial charge is 0.504 e. The summed E-state index contributed by atoms with van der Waals surface area (Å²) in [5, 5.41) is 27.6. The van der Waals surface area contributed by atoms with Gasteiger partial charge in [-0.2, -0.15) is 0 Å². The van der Waals surface area contributed by atoms with Gasteiger partial charge in [0.15, 0.2) is 17.3 Å². The SMILES string of the molecule is CC(=O)C(O)c1cccc(O)c1O. The van der Waals surface area contributed by atoms with Crippen LogP contribution in [-0.2, 0) is 4.79 Å². The van der Waals surface area contributed by atoms with Crippen LogP contribution in [-0.4, -0.2) is 21.1 Å². The second-order valence-corrected chi connectivity index (χ2v) is 2.73. The van der Waals surface area contributed by atoms with Gasteiger partial charge in [-0.15, -0.1) is 0 Å². The van der Waals surface area contributed by atoms with E-state index in [2.05, 4.69) is 0 Å². The van der Waals surface area contributed by atoms with Crippen LogP contribution in [0.4, 0.5) is 0 Å². The maximum atomic E-state index is 10.8. The number of ketones is 1. The van der Waals surface area contributed by atoms with Gasteiger partial charge in [0.25, 0.3) is 0 Å². The van der Waals surface area contributed by atoms with Gasteiger partial charge in [-0.3, -0.25) is 4.79 Å². The van der Waals surface area contributed by atoms with Gasteiger partial charge in [-0.05, 0) is 13.0 Å². The first-order valence-corrected chi connectivity index (χ1v) is 3.73. The highest BCUT2D eigenvalue weighted by molar-refractivity contribution is 5.82. The van der Waals surface area contributed by atoms with Crippen LogP contribution in [0.5, 0.6) is 11.5 Å². The third-order valence-electron chi connectivity index (χ3n) is 1.73. The molecule has 1 aromatic carbocycles. The summed E-state index contributed by atoms with van der Waals surface area (Å²) < 4.78 is 0. The number of aliphatic hydroxyl groups is 1. The predicted molar refractivity (Wildman–Crippen MR) is 45.4 cm³/mol. The minimum Gasteiger partial charge on any atom is -0.504 e. The van der Waals surface area contributed by atoms with Crippen molar-refractivity contribution >= 4 is 5.78 Å². The lowest BCUT2D eigenvalue weighted by atomic mass is 10.1. The van der Waals surface area contributed by atoms with Crippen molar-refractivity contribution in [1.29, 1.82) is 0 Å². The van der Waals surface area contributed by atoms with E-state index in [1.54, 1.807) is 0 Å². The standard InChI is InChI=1S/C9H10O4/c1-5(10)8(12)6-3-2-4-7(11)9(6)13/h2-4,8,11-13H,1H3. The highest BCUT2D eigenvalue weighted by atomic mass is 16.3. The van der Waals surface area contributed by atoms with Gasteiger partial charge < -0.3 is 15.3 Å². The van der Waals surface area contributed by atoms with Gasteiger partial charge in [0, 0.05) is 5.56 Å². The van der Waals surface area contributed by atoms with E-state index in [9.17, 15) is 15.0 Å². The molecule has 0 radical (unpaired) electrons. The average Bonchev–Trinajstić information content (AvgIpc) is 2.08. The van der Waals surface area contributed by atoms with Crippen LogP contribution in [0.25, 0.3) is 0 Å². The molecule has 0 aliphatic heterocycles. The van der Waals surface area contributed by atoms with Crippen molar-refractivity contribution in [3.8, 4) is 11.5 Å². The van der Waals surface area contributed by atoms with Crippen LogP contribution in [0, 0.1) is 0 Å². The van der Waals surface area contributed by atoms with E-state index >= 15 is 0 Å². The Morgan fingerprint density at radius 3 is 2.54 bits per heavy atom. The second-order valence-electron chi connectivity index (χ2n) is 2.73. The third kappa shape index (κ3) is 1.78. The number of Topliss-reactive ketones (excluding diaryl/α,β-unsaturated/α-hetero) is 1. The second kappa shape index (κ2) is 3.45. The van der Waals surface area contributed by atoms with Crippen molar-refractivity contribution in [3.63, 3.8) is 0 Å². The number of phenols is 2. The fourth-order valence-corrected chi connectivity index (χ4v) is 0.988. The Labute approximate surface area is 75.1 Å². The van der Waals surface area contributed by atoms with E-state index in [0.717, 1.165) is 0 Å². The summed E-state index contributed by atoms with van der Waals surface area (Å²) in [6.45, 7) is 1.20. The summed E-state index contributed by atoms with van der Waals surface area (Å²) in [5.74, 6) is -1.29. The molecule has 4 heteroatoms. The van der Waals surface area contributed by atoms with Crippen LogP contribution in [0.2, 0.25) is 0 Å². The summed E-state index contributed by atoms with van der Waals surface area (Å²) in [6.07, 6.45) is -1.38. The number of rotatable bonds is 2. The number of aromatic hydroxyl groups is 2. The Bertz CT molecular complexity index is 332. The number of carbonyl (C=O) groups excluding carboxylic acids is 1. The molecule has 0 aliphatic rings. The molecule has 0 bridgehead atoms. The summed E-state index contributed by atoms with van der Waals surface area (Å²) in [7, 11) is 0. The van der Waals surface area contributed by atoms with Gasteiger partial charge in [-0.25, -0.2) is 0 Å². The normalized spacial score (nSPS) is 12.5. The number of hydrogen-bond acceptors (Lipinski definition) is 4. The number of hydrogen-bond donors (Lipinski definition) is 3. The Balaban J connectivity index is 3.15. The molecule has 70 valence electrons. The summed E-state index contributed by atoms with van der Waals surface area (Å²) in [6, 6.07) is 4.09. The minimum absolute atomic E-state index is 0.0208. The Kier molecular flexibility index (Phi) is 2.53. The molecule has 1 atom stereocenters. The zero-order chi connectivity index (χ0) is 10.0. The van der Waals surface area contributed by atoms with Crippen LogP contribution in [0.15, 0.2) is 18.2 Å². The quantitative estimate of drug-likeness (QED) is 0.589. The van der Waals surface area contributed by atoms with Crippen molar-refractivity contribution < 1.29 is 20.1 Å². The number of aliphatic hydroxyl groups excluding tert-OH is 1. The first-order valence-electron chi connectivity index (χ1n) is 3.73. The summed E-state index contributed by atoms with van der Waals surface area (Å²) >= 11 is 0. The molecule has 13 heavy (non-hydrogen) atoms. The Morgan fingerprint density at radius 2 is 2.00 bits per heavy atom. The van der Waals surface area contributed by atoms with E-state index in [-0.39, 0.29) is 11.3 Å². The molecule has 1 unspecified atom stereocenters. The predicted octanol–water partition coefficient (Wildman–Crippen LogP) is 0.720. The maximum absolute atomic E-state index is 10.8. The number of para-hydroxylation sites is 1. The number of benzene rings is 1. The first-order chi connectivity index (χ1) is 6.04. The molecule has 0 amide bonds. The van der Waals surface area contributed by atoms with Crippen LogP contribution in [0.3, 0.4) is 0 Å². The van der Waals surface area contributed by atoms with Gasteiger partial charge >= 0.3 is 0 Å². The molecule has 0 heterocycles. The van der Waals surface area contributed by atoms with E-state index in [1.807, 2.05) is 0 Å². The lowest BCUT2D eigenvalue weighted by molar-refractivity contribution is -0.125. The molecule has 0 aliphatic carbocycles. The van der Waals surface area contributed by atoms with Gasteiger partial charge in [0.2, 0.25) is 0 Å². The van der Waals surface area contributed by atoms with Crippen molar-refractivity contribution in [2.24, 2.45) is 0 Å². The molecule has 1 rings (SSSR count). The maximum Gasteiger partial charge on any atom is 0.163 e. The molecule has 0 saturated carbocycles. The van der Waals surface area contributed by atoms with E-state index < -0.39 is 17.6 Å². The smallest absolute Gasteiger partial charge is 0.163 e. The lowest BCUT2D eigenvalue weighted by Crippen LogP contribution is -2.07. The van der Waals surface area contributed by atoms with E-state index in [0.29, 0.717) is 0 Å². The Hall–Kier alpha value is -1.55. The third-order valence-corrected chi connectivity index (χ3v) is 1.73. The highest BCUT2D eigenvalue weighted by Gasteiger charge is 2.18. The number of phenolic OH excluding ortho intramolecular Hbond substituents is 2. The van der Waals surface area contributed by atoms with Crippen LogP contribution >= 0.6 is 0 Å². The van der Waals surface area contributed by atoms with Crippen LogP contribution < -0.4 is 0 Å². The molecule has 4 nitrogen and oxygen atoms in total. The fraction of sp³-hybridized carbons (Fsp3) is 0.222.